The van der Waals surface area contributed by atoms with Gasteiger partial charge in [-0.1, -0.05) is 42.5 Å². The van der Waals surface area contributed by atoms with Crippen LogP contribution >= 0.6 is 0 Å². The monoisotopic (exact) mass is 389 g/mol. The molecule has 5 heteroatoms. The van der Waals surface area contributed by atoms with Crippen LogP contribution < -0.4 is 5.32 Å². The van der Waals surface area contributed by atoms with E-state index in [1.54, 1.807) is 12.1 Å². The van der Waals surface area contributed by atoms with Crippen LogP contribution in [-0.2, 0) is 0 Å². The lowest BCUT2D eigenvalue weighted by Gasteiger charge is -2.32. The Balaban J connectivity index is 1.52. The van der Waals surface area contributed by atoms with E-state index in [0.717, 1.165) is 54.6 Å². The summed E-state index contributed by atoms with van der Waals surface area (Å²) in [5, 5.41) is 14.8. The number of rotatable bonds is 5. The zero-order valence-corrected chi connectivity index (χ0v) is 16.8. The highest BCUT2D eigenvalue weighted by atomic mass is 16.3. The van der Waals surface area contributed by atoms with Crippen molar-refractivity contribution in [2.75, 3.05) is 46.3 Å². The lowest BCUT2D eigenvalue weighted by molar-refractivity contribution is 0.0942. The molecule has 1 saturated heterocycles. The number of benzene rings is 3. The predicted molar refractivity (Wildman–Crippen MR) is 117 cm³/mol. The van der Waals surface area contributed by atoms with E-state index in [-0.39, 0.29) is 11.7 Å². The van der Waals surface area contributed by atoms with E-state index in [4.69, 9.17) is 0 Å². The average Bonchev–Trinajstić information content (AvgIpc) is 2.74. The molecule has 4 rings (SSSR count). The first-order valence-electron chi connectivity index (χ1n) is 10.1. The Morgan fingerprint density at radius 1 is 0.966 bits per heavy atom. The molecule has 0 radical (unpaired) electrons. The number of carbonyl (C=O) groups excluding carboxylic acids is 1. The molecule has 0 bridgehead atoms. The van der Waals surface area contributed by atoms with Gasteiger partial charge in [0.05, 0.1) is 0 Å². The van der Waals surface area contributed by atoms with Crippen molar-refractivity contribution >= 4 is 16.7 Å². The molecule has 29 heavy (non-hydrogen) atoms. The molecule has 1 amide bonds. The van der Waals surface area contributed by atoms with Crippen LogP contribution in [0.1, 0.15) is 10.4 Å². The Bertz CT molecular complexity index is 1010. The summed E-state index contributed by atoms with van der Waals surface area (Å²) in [5.41, 5.74) is 2.62. The number of piperazine rings is 1. The second-order valence-corrected chi connectivity index (χ2v) is 7.66. The third kappa shape index (κ3) is 4.42. The van der Waals surface area contributed by atoms with E-state index in [0.29, 0.717) is 12.1 Å². The van der Waals surface area contributed by atoms with Crippen molar-refractivity contribution in [3.8, 4) is 16.9 Å². The number of phenolic OH excluding ortho intramolecular Hbond substituents is 1. The molecule has 150 valence electrons. The summed E-state index contributed by atoms with van der Waals surface area (Å²) in [5.74, 6) is 0.190. The van der Waals surface area contributed by atoms with Crippen LogP contribution in [0, 0.1) is 0 Å². The van der Waals surface area contributed by atoms with E-state index < -0.39 is 0 Å². The van der Waals surface area contributed by atoms with Gasteiger partial charge in [0.25, 0.3) is 5.91 Å². The van der Waals surface area contributed by atoms with Crippen LogP contribution in [0.2, 0.25) is 0 Å². The molecule has 0 atom stereocenters. The van der Waals surface area contributed by atoms with Crippen molar-refractivity contribution in [1.82, 2.24) is 15.1 Å². The second-order valence-electron chi connectivity index (χ2n) is 7.66. The standard InChI is InChI=1S/C24H27N3O2/c1-26-13-15-27(16-14-26)12-11-25-24(29)23-10-4-8-21-20(7-3-9-22(21)23)18-5-2-6-19(28)17-18/h2-10,17,28H,11-16H2,1H3,(H,25,29). The molecule has 0 saturated carbocycles. The number of likely N-dealkylation sites (N-methyl/N-ethyl adjacent to an activating group) is 1. The lowest BCUT2D eigenvalue weighted by atomic mass is 9.95. The minimum absolute atomic E-state index is 0.0437. The van der Waals surface area contributed by atoms with Gasteiger partial charge in [-0.2, -0.15) is 0 Å². The number of aromatic hydroxyl groups is 1. The Labute approximate surface area is 171 Å². The van der Waals surface area contributed by atoms with Gasteiger partial charge >= 0.3 is 0 Å². The normalized spacial score (nSPS) is 15.5. The molecule has 3 aromatic carbocycles. The first-order valence-corrected chi connectivity index (χ1v) is 10.1. The van der Waals surface area contributed by atoms with Crippen molar-refractivity contribution in [2.45, 2.75) is 0 Å². The van der Waals surface area contributed by atoms with Crippen molar-refractivity contribution in [1.29, 1.82) is 0 Å². The minimum atomic E-state index is -0.0437. The van der Waals surface area contributed by atoms with Gasteiger partial charge in [0, 0.05) is 44.8 Å². The summed E-state index contributed by atoms with van der Waals surface area (Å²) >= 11 is 0. The van der Waals surface area contributed by atoms with Crippen LogP contribution in [0.4, 0.5) is 0 Å². The third-order valence-electron chi connectivity index (χ3n) is 5.63. The highest BCUT2D eigenvalue weighted by Gasteiger charge is 2.15. The number of phenols is 1. The van der Waals surface area contributed by atoms with Crippen molar-refractivity contribution in [2.24, 2.45) is 0 Å². The maximum atomic E-state index is 12.9. The van der Waals surface area contributed by atoms with Gasteiger partial charge in [-0.15, -0.1) is 0 Å². The summed E-state index contributed by atoms with van der Waals surface area (Å²) < 4.78 is 0. The van der Waals surface area contributed by atoms with E-state index in [1.165, 1.54) is 0 Å². The fourth-order valence-corrected chi connectivity index (χ4v) is 3.93. The predicted octanol–water partition coefficient (Wildman–Crippen LogP) is 3.19. The zero-order valence-electron chi connectivity index (χ0n) is 16.8. The maximum absolute atomic E-state index is 12.9. The molecule has 0 aromatic heterocycles. The highest BCUT2D eigenvalue weighted by molar-refractivity contribution is 6.10. The zero-order chi connectivity index (χ0) is 20.2. The van der Waals surface area contributed by atoms with Gasteiger partial charge in [0.15, 0.2) is 0 Å². The van der Waals surface area contributed by atoms with Crippen LogP contribution in [0.5, 0.6) is 5.75 Å². The number of fused-ring (bicyclic) bond motifs is 1. The molecule has 2 N–H and O–H groups in total. The van der Waals surface area contributed by atoms with Gasteiger partial charge in [0.1, 0.15) is 5.75 Å². The van der Waals surface area contributed by atoms with Crippen LogP contribution in [0.25, 0.3) is 21.9 Å². The highest BCUT2D eigenvalue weighted by Crippen LogP contribution is 2.31. The van der Waals surface area contributed by atoms with E-state index >= 15 is 0 Å². The van der Waals surface area contributed by atoms with Crippen LogP contribution in [0.15, 0.2) is 60.7 Å². The molecule has 1 aliphatic rings. The van der Waals surface area contributed by atoms with Crippen molar-refractivity contribution < 1.29 is 9.90 Å². The van der Waals surface area contributed by atoms with Gasteiger partial charge in [0.2, 0.25) is 0 Å². The first kappa shape index (κ1) is 19.4. The molecule has 1 heterocycles. The SMILES string of the molecule is CN1CCN(CCNC(=O)c2cccc3c(-c4cccc(O)c4)cccc23)CC1. The Kier molecular flexibility index (Phi) is 5.79. The number of nitrogens with one attached hydrogen (secondary N) is 1. The molecule has 0 spiro atoms. The Morgan fingerprint density at radius 3 is 2.48 bits per heavy atom. The number of nitrogens with zero attached hydrogens (tertiary/aromatic N) is 2. The van der Waals surface area contributed by atoms with Gasteiger partial charge in [-0.3, -0.25) is 9.69 Å². The average molecular weight is 389 g/mol. The van der Waals surface area contributed by atoms with E-state index in [2.05, 4.69) is 22.2 Å². The van der Waals surface area contributed by atoms with E-state index in [1.807, 2.05) is 48.5 Å². The summed E-state index contributed by atoms with van der Waals surface area (Å²) in [6, 6.07) is 19.0. The number of amides is 1. The van der Waals surface area contributed by atoms with Gasteiger partial charge in [-0.05, 0) is 47.1 Å². The molecule has 1 fully saturated rings. The van der Waals surface area contributed by atoms with Crippen LogP contribution in [0.3, 0.4) is 0 Å². The molecule has 5 nitrogen and oxygen atoms in total. The third-order valence-corrected chi connectivity index (χ3v) is 5.63. The number of carbonyl (C=O) groups is 1. The summed E-state index contributed by atoms with van der Waals surface area (Å²) in [6.45, 7) is 5.77. The molecule has 0 aliphatic carbocycles. The fraction of sp³-hybridized carbons (Fsp3) is 0.292. The molecular weight excluding hydrogens is 362 g/mol. The summed E-state index contributed by atoms with van der Waals surface area (Å²) in [7, 11) is 2.14. The fourth-order valence-electron chi connectivity index (χ4n) is 3.93. The topological polar surface area (TPSA) is 55.8 Å². The first-order chi connectivity index (χ1) is 14.1. The number of hydrogen-bond donors (Lipinski definition) is 2. The maximum Gasteiger partial charge on any atom is 0.251 e. The Hall–Kier alpha value is -2.89. The largest absolute Gasteiger partial charge is 0.508 e. The summed E-state index contributed by atoms with van der Waals surface area (Å²) in [6.07, 6.45) is 0. The van der Waals surface area contributed by atoms with Crippen molar-refractivity contribution in [3.05, 3.63) is 66.2 Å². The van der Waals surface area contributed by atoms with Crippen molar-refractivity contribution in [3.63, 3.8) is 0 Å². The molecular formula is C24H27N3O2. The van der Waals surface area contributed by atoms with E-state index in [9.17, 15) is 9.90 Å². The molecule has 0 unspecified atom stereocenters. The minimum Gasteiger partial charge on any atom is -0.508 e. The summed E-state index contributed by atoms with van der Waals surface area (Å²) in [4.78, 5) is 17.6. The molecule has 1 aliphatic heterocycles. The smallest absolute Gasteiger partial charge is 0.251 e. The number of hydrogen-bond acceptors (Lipinski definition) is 4. The van der Waals surface area contributed by atoms with Crippen LogP contribution in [-0.4, -0.2) is 67.1 Å². The molecule has 3 aromatic rings. The second kappa shape index (κ2) is 8.64. The lowest BCUT2D eigenvalue weighted by Crippen LogP contribution is -2.46. The van der Waals surface area contributed by atoms with Gasteiger partial charge in [-0.25, -0.2) is 0 Å². The quantitative estimate of drug-likeness (QED) is 0.704. The van der Waals surface area contributed by atoms with Gasteiger partial charge < -0.3 is 15.3 Å². The Morgan fingerprint density at radius 2 is 1.69 bits per heavy atom.